The van der Waals surface area contributed by atoms with Crippen LogP contribution in [0.2, 0.25) is 0 Å². The van der Waals surface area contributed by atoms with Crippen molar-refractivity contribution in [3.8, 4) is 0 Å². The van der Waals surface area contributed by atoms with Crippen LogP contribution in [0.3, 0.4) is 0 Å². The van der Waals surface area contributed by atoms with Gasteiger partial charge in [-0.25, -0.2) is 0 Å². The Kier molecular flexibility index (Phi) is 2.73. The predicted molar refractivity (Wildman–Crippen MR) is 58.5 cm³/mol. The first-order valence-electron chi connectivity index (χ1n) is 5.37. The molecule has 0 aliphatic carbocycles. The number of nitrogens with one attached hydrogen (secondary N) is 1. The molecule has 1 aromatic rings. The number of amides is 1. The second-order valence-corrected chi connectivity index (χ2v) is 4.27. The molecule has 1 amide bonds. The molecule has 0 spiro atoms. The van der Waals surface area contributed by atoms with Crippen LogP contribution >= 0.6 is 0 Å². The molecule has 0 fully saturated rings. The molecular weight excluding hydrogens is 188 g/mol. The maximum absolute atomic E-state index is 11.0. The third-order valence-electron chi connectivity index (χ3n) is 3.22. The fourth-order valence-electron chi connectivity index (χ4n) is 2.36. The molecule has 0 bridgehead atoms. The molecule has 0 radical (unpaired) electrons. The number of likely N-dealkylation sites (N-methyl/N-ethyl adjacent to an activating group) is 1. The van der Waals surface area contributed by atoms with Gasteiger partial charge in [0, 0.05) is 12.0 Å². The van der Waals surface area contributed by atoms with E-state index in [-0.39, 0.29) is 11.9 Å². The van der Waals surface area contributed by atoms with Gasteiger partial charge in [0.1, 0.15) is 6.04 Å². The van der Waals surface area contributed by atoms with Crippen molar-refractivity contribution in [2.45, 2.75) is 18.9 Å². The molecule has 1 unspecified atom stereocenters. The average molecular weight is 205 g/mol. The molecule has 1 aliphatic heterocycles. The zero-order valence-electron chi connectivity index (χ0n) is 8.99. The Labute approximate surface area is 89.9 Å². The highest BCUT2D eigenvalue weighted by Crippen LogP contribution is 2.21. The summed E-state index contributed by atoms with van der Waals surface area (Å²) in [5.41, 5.74) is 7.95. The van der Waals surface area contributed by atoms with E-state index in [9.17, 15) is 4.79 Å². The number of benzene rings is 1. The molecular formula is C12H17N2O+. The summed E-state index contributed by atoms with van der Waals surface area (Å²) >= 11 is 0. The van der Waals surface area contributed by atoms with Crippen LogP contribution in [0.15, 0.2) is 24.3 Å². The normalized spacial score (nSPS) is 24.6. The summed E-state index contributed by atoms with van der Waals surface area (Å²) in [5.74, 6) is -0.212. The summed E-state index contributed by atoms with van der Waals surface area (Å²) in [6.45, 7) is 1.08. The van der Waals surface area contributed by atoms with E-state index in [4.69, 9.17) is 5.73 Å². The quantitative estimate of drug-likeness (QED) is 0.682. The summed E-state index contributed by atoms with van der Waals surface area (Å²) in [5, 5.41) is 0. The molecule has 0 saturated heterocycles. The van der Waals surface area contributed by atoms with Crippen LogP contribution in [-0.4, -0.2) is 19.5 Å². The van der Waals surface area contributed by atoms with Crippen molar-refractivity contribution < 1.29 is 9.69 Å². The molecule has 15 heavy (non-hydrogen) atoms. The van der Waals surface area contributed by atoms with Crippen molar-refractivity contribution in [2.24, 2.45) is 5.73 Å². The number of hydrogen-bond acceptors (Lipinski definition) is 1. The lowest BCUT2D eigenvalue weighted by Crippen LogP contribution is -3.10. The van der Waals surface area contributed by atoms with Gasteiger partial charge in [0.25, 0.3) is 0 Å². The van der Waals surface area contributed by atoms with Crippen LogP contribution < -0.4 is 10.6 Å². The van der Waals surface area contributed by atoms with E-state index in [1.165, 1.54) is 16.0 Å². The highest BCUT2D eigenvalue weighted by atomic mass is 16.1. The summed E-state index contributed by atoms with van der Waals surface area (Å²) in [4.78, 5) is 12.4. The lowest BCUT2D eigenvalue weighted by atomic mass is 9.91. The molecule has 3 N–H and O–H groups in total. The van der Waals surface area contributed by atoms with Crippen molar-refractivity contribution in [1.82, 2.24) is 0 Å². The van der Waals surface area contributed by atoms with Gasteiger partial charge in [-0.2, -0.15) is 0 Å². The van der Waals surface area contributed by atoms with E-state index in [0.717, 1.165) is 13.0 Å². The molecule has 0 aromatic heterocycles. The van der Waals surface area contributed by atoms with Crippen molar-refractivity contribution in [2.75, 3.05) is 13.6 Å². The number of primary amides is 1. The summed E-state index contributed by atoms with van der Waals surface area (Å²) in [7, 11) is 2.13. The fraction of sp³-hybridized carbons (Fsp3) is 0.417. The molecule has 80 valence electrons. The van der Waals surface area contributed by atoms with Gasteiger partial charge in [-0.15, -0.1) is 0 Å². The highest BCUT2D eigenvalue weighted by Gasteiger charge is 2.28. The maximum Gasteiger partial charge on any atom is 0.223 e. The molecule has 3 nitrogen and oxygen atoms in total. The second-order valence-electron chi connectivity index (χ2n) is 4.27. The minimum atomic E-state index is -0.212. The minimum absolute atomic E-state index is 0.212. The number of hydrogen-bond donors (Lipinski definition) is 2. The lowest BCUT2D eigenvalue weighted by Gasteiger charge is -2.30. The fourth-order valence-corrected chi connectivity index (χ4v) is 2.36. The zero-order chi connectivity index (χ0) is 10.8. The summed E-state index contributed by atoms with van der Waals surface area (Å²) in [6.07, 6.45) is 1.54. The Morgan fingerprint density at radius 2 is 2.27 bits per heavy atom. The van der Waals surface area contributed by atoms with E-state index < -0.39 is 0 Å². The Morgan fingerprint density at radius 3 is 3.00 bits per heavy atom. The molecule has 1 aromatic carbocycles. The summed E-state index contributed by atoms with van der Waals surface area (Å²) < 4.78 is 0. The number of nitrogens with two attached hydrogens (primary N) is 1. The van der Waals surface area contributed by atoms with E-state index in [1.807, 2.05) is 6.07 Å². The van der Waals surface area contributed by atoms with Gasteiger partial charge in [-0.1, -0.05) is 24.3 Å². The van der Waals surface area contributed by atoms with E-state index >= 15 is 0 Å². The largest absolute Gasteiger partial charge is 0.369 e. The lowest BCUT2D eigenvalue weighted by molar-refractivity contribution is -0.914. The smallest absolute Gasteiger partial charge is 0.223 e. The Bertz CT molecular complexity index is 376. The minimum Gasteiger partial charge on any atom is -0.369 e. The van der Waals surface area contributed by atoms with Gasteiger partial charge < -0.3 is 10.6 Å². The van der Waals surface area contributed by atoms with E-state index in [1.54, 1.807) is 0 Å². The zero-order valence-corrected chi connectivity index (χ0v) is 8.99. The molecule has 2 atom stereocenters. The third kappa shape index (κ3) is 2.02. The standard InChI is InChI=1S/C12H16N2O/c1-14-7-6-9-4-2-3-5-10(9)11(14)8-12(13)15/h2-5,11H,6-8H2,1H3,(H2,13,15)/p+1/t11-/m0/s1. The van der Waals surface area contributed by atoms with Crippen molar-refractivity contribution in [3.63, 3.8) is 0 Å². The second kappa shape index (κ2) is 4.03. The van der Waals surface area contributed by atoms with E-state index in [0.29, 0.717) is 6.42 Å². The Hall–Kier alpha value is -1.35. The Morgan fingerprint density at radius 1 is 1.53 bits per heavy atom. The van der Waals surface area contributed by atoms with Gasteiger partial charge in [0.15, 0.2) is 0 Å². The molecule has 0 saturated carbocycles. The third-order valence-corrected chi connectivity index (χ3v) is 3.22. The SMILES string of the molecule is C[NH+]1CCc2ccccc2[C@@H]1CC(N)=O. The average Bonchev–Trinajstić information content (AvgIpc) is 2.22. The van der Waals surface area contributed by atoms with Gasteiger partial charge in [-0.05, 0) is 5.56 Å². The first-order chi connectivity index (χ1) is 7.18. The molecule has 3 heteroatoms. The van der Waals surface area contributed by atoms with Crippen LogP contribution in [-0.2, 0) is 11.2 Å². The molecule has 2 rings (SSSR count). The predicted octanol–water partition coefficient (Wildman–Crippen LogP) is -0.326. The van der Waals surface area contributed by atoms with E-state index in [2.05, 4.69) is 25.2 Å². The van der Waals surface area contributed by atoms with Crippen molar-refractivity contribution in [1.29, 1.82) is 0 Å². The van der Waals surface area contributed by atoms with Gasteiger partial charge in [0.2, 0.25) is 5.91 Å². The highest BCUT2D eigenvalue weighted by molar-refractivity contribution is 5.74. The van der Waals surface area contributed by atoms with Gasteiger partial charge in [-0.3, -0.25) is 4.79 Å². The Balaban J connectivity index is 2.32. The number of rotatable bonds is 2. The topological polar surface area (TPSA) is 47.5 Å². The number of quaternary nitrogens is 1. The number of carbonyl (C=O) groups is 1. The van der Waals surface area contributed by atoms with Gasteiger partial charge >= 0.3 is 0 Å². The first-order valence-corrected chi connectivity index (χ1v) is 5.37. The van der Waals surface area contributed by atoms with Crippen LogP contribution in [0.5, 0.6) is 0 Å². The molecule has 1 aliphatic rings. The first kappa shape index (κ1) is 10.2. The number of carbonyl (C=O) groups excluding carboxylic acids is 1. The van der Waals surface area contributed by atoms with Crippen LogP contribution in [0.1, 0.15) is 23.6 Å². The van der Waals surface area contributed by atoms with Crippen LogP contribution in [0.4, 0.5) is 0 Å². The number of fused-ring (bicyclic) bond motifs is 1. The van der Waals surface area contributed by atoms with Gasteiger partial charge in [0.05, 0.1) is 20.0 Å². The maximum atomic E-state index is 11.0. The van der Waals surface area contributed by atoms with Crippen molar-refractivity contribution in [3.05, 3.63) is 35.4 Å². The molecule has 1 heterocycles. The van der Waals surface area contributed by atoms with Crippen molar-refractivity contribution >= 4 is 5.91 Å². The van der Waals surface area contributed by atoms with Crippen LogP contribution in [0.25, 0.3) is 0 Å². The summed E-state index contributed by atoms with van der Waals surface area (Å²) in [6, 6.07) is 8.60. The van der Waals surface area contributed by atoms with Crippen LogP contribution in [0, 0.1) is 0 Å². The monoisotopic (exact) mass is 205 g/mol.